The predicted molar refractivity (Wildman–Crippen MR) is 96.3 cm³/mol. The molecule has 0 aliphatic carbocycles. The SMILES string of the molecule is CNC(=O)NC(=O)C(OC(=O)c1cc(Br)ccc1Cl)c1ccccc1. The monoisotopic (exact) mass is 424 g/mol. The maximum Gasteiger partial charge on any atom is 0.340 e. The van der Waals surface area contributed by atoms with Crippen LogP contribution in [0.3, 0.4) is 0 Å². The average Bonchev–Trinajstić information content (AvgIpc) is 2.61. The van der Waals surface area contributed by atoms with Gasteiger partial charge in [-0.3, -0.25) is 10.1 Å². The lowest BCUT2D eigenvalue weighted by molar-refractivity contribution is -0.129. The minimum Gasteiger partial charge on any atom is -0.444 e. The highest BCUT2D eigenvalue weighted by Crippen LogP contribution is 2.25. The largest absolute Gasteiger partial charge is 0.444 e. The third kappa shape index (κ3) is 5.04. The zero-order chi connectivity index (χ0) is 18.4. The maximum atomic E-state index is 12.5. The van der Waals surface area contributed by atoms with Crippen LogP contribution in [0.15, 0.2) is 53.0 Å². The highest BCUT2D eigenvalue weighted by molar-refractivity contribution is 9.10. The van der Waals surface area contributed by atoms with Gasteiger partial charge in [0.15, 0.2) is 0 Å². The zero-order valence-corrected chi connectivity index (χ0v) is 15.4. The van der Waals surface area contributed by atoms with Gasteiger partial charge in [-0.15, -0.1) is 0 Å². The molecule has 0 aliphatic heterocycles. The minimum atomic E-state index is -1.30. The van der Waals surface area contributed by atoms with Gasteiger partial charge >= 0.3 is 12.0 Å². The number of carbonyl (C=O) groups is 3. The predicted octanol–water partition coefficient (Wildman–Crippen LogP) is 3.46. The van der Waals surface area contributed by atoms with Crippen molar-refractivity contribution >= 4 is 45.4 Å². The van der Waals surface area contributed by atoms with E-state index in [2.05, 4.69) is 26.6 Å². The smallest absolute Gasteiger partial charge is 0.340 e. The van der Waals surface area contributed by atoms with Crippen molar-refractivity contribution in [1.82, 2.24) is 10.6 Å². The number of imide groups is 1. The highest BCUT2D eigenvalue weighted by atomic mass is 79.9. The molecule has 130 valence electrons. The molecule has 1 atom stereocenters. The van der Waals surface area contributed by atoms with Crippen LogP contribution in [0.1, 0.15) is 22.0 Å². The van der Waals surface area contributed by atoms with Crippen molar-refractivity contribution in [2.45, 2.75) is 6.10 Å². The number of hydrogen-bond acceptors (Lipinski definition) is 4. The topological polar surface area (TPSA) is 84.5 Å². The number of hydrogen-bond donors (Lipinski definition) is 2. The van der Waals surface area contributed by atoms with Gasteiger partial charge in [-0.25, -0.2) is 9.59 Å². The second-order valence-electron chi connectivity index (χ2n) is 4.89. The quantitative estimate of drug-likeness (QED) is 0.735. The molecule has 2 N–H and O–H groups in total. The van der Waals surface area contributed by atoms with E-state index in [1.807, 2.05) is 0 Å². The van der Waals surface area contributed by atoms with Crippen molar-refractivity contribution in [3.8, 4) is 0 Å². The molecule has 2 rings (SSSR count). The number of esters is 1. The van der Waals surface area contributed by atoms with Crippen LogP contribution in [0.25, 0.3) is 0 Å². The van der Waals surface area contributed by atoms with Gasteiger partial charge < -0.3 is 10.1 Å². The summed E-state index contributed by atoms with van der Waals surface area (Å²) in [5, 5.41) is 4.55. The summed E-state index contributed by atoms with van der Waals surface area (Å²) in [4.78, 5) is 36.2. The summed E-state index contributed by atoms with van der Waals surface area (Å²) in [7, 11) is 1.37. The minimum absolute atomic E-state index is 0.102. The van der Waals surface area contributed by atoms with Crippen molar-refractivity contribution in [2.75, 3.05) is 7.05 Å². The van der Waals surface area contributed by atoms with E-state index < -0.39 is 24.0 Å². The molecule has 0 radical (unpaired) electrons. The van der Waals surface area contributed by atoms with Gasteiger partial charge in [-0.2, -0.15) is 0 Å². The van der Waals surface area contributed by atoms with Crippen molar-refractivity contribution < 1.29 is 19.1 Å². The highest BCUT2D eigenvalue weighted by Gasteiger charge is 2.27. The Morgan fingerprint density at radius 2 is 1.80 bits per heavy atom. The van der Waals surface area contributed by atoms with Crippen molar-refractivity contribution in [1.29, 1.82) is 0 Å². The molecule has 8 heteroatoms. The Hall–Kier alpha value is -2.38. The molecule has 2 aromatic carbocycles. The van der Waals surface area contributed by atoms with Crippen LogP contribution in [-0.4, -0.2) is 25.0 Å². The normalized spacial score (nSPS) is 11.3. The molecule has 0 fully saturated rings. The first-order valence-electron chi connectivity index (χ1n) is 7.16. The van der Waals surface area contributed by atoms with Crippen LogP contribution in [0.2, 0.25) is 5.02 Å². The van der Waals surface area contributed by atoms with Crippen molar-refractivity contribution in [2.24, 2.45) is 0 Å². The lowest BCUT2D eigenvalue weighted by Gasteiger charge is -2.18. The summed E-state index contributed by atoms with van der Waals surface area (Å²) in [6, 6.07) is 12.4. The van der Waals surface area contributed by atoms with Crippen LogP contribution in [0.5, 0.6) is 0 Å². The first-order valence-corrected chi connectivity index (χ1v) is 8.33. The second kappa shape index (κ2) is 8.64. The van der Waals surface area contributed by atoms with E-state index in [0.29, 0.717) is 10.0 Å². The average molecular weight is 426 g/mol. The molecule has 3 amide bonds. The number of amides is 3. The lowest BCUT2D eigenvalue weighted by atomic mass is 10.1. The molecule has 6 nitrogen and oxygen atoms in total. The first kappa shape index (κ1) is 19.0. The van der Waals surface area contributed by atoms with Gasteiger partial charge in [-0.05, 0) is 18.2 Å². The summed E-state index contributed by atoms with van der Waals surface area (Å²) in [6.45, 7) is 0. The summed E-state index contributed by atoms with van der Waals surface area (Å²) in [6.07, 6.45) is -1.30. The van der Waals surface area contributed by atoms with Gasteiger partial charge in [0.25, 0.3) is 5.91 Å². The van der Waals surface area contributed by atoms with Crippen LogP contribution in [0.4, 0.5) is 4.79 Å². The fourth-order valence-electron chi connectivity index (χ4n) is 1.97. The van der Waals surface area contributed by atoms with Gasteiger partial charge in [0.1, 0.15) is 0 Å². The molecule has 0 saturated heterocycles. The van der Waals surface area contributed by atoms with Gasteiger partial charge in [0.2, 0.25) is 6.10 Å². The van der Waals surface area contributed by atoms with E-state index in [9.17, 15) is 14.4 Å². The van der Waals surface area contributed by atoms with Crippen LogP contribution in [-0.2, 0) is 9.53 Å². The Morgan fingerprint density at radius 3 is 2.44 bits per heavy atom. The van der Waals surface area contributed by atoms with Gasteiger partial charge in [-0.1, -0.05) is 57.9 Å². The molecule has 25 heavy (non-hydrogen) atoms. The van der Waals surface area contributed by atoms with E-state index in [0.717, 1.165) is 0 Å². The number of benzene rings is 2. The third-order valence-corrected chi connectivity index (χ3v) is 4.00. The van der Waals surface area contributed by atoms with E-state index in [-0.39, 0.29) is 10.6 Å². The first-order chi connectivity index (χ1) is 11.9. The molecule has 0 bridgehead atoms. The zero-order valence-electron chi connectivity index (χ0n) is 13.1. The molecule has 2 aromatic rings. The number of ether oxygens (including phenoxy) is 1. The Balaban J connectivity index is 2.29. The molecule has 0 aliphatic rings. The number of carbonyl (C=O) groups excluding carboxylic acids is 3. The number of nitrogens with one attached hydrogen (secondary N) is 2. The molecule has 0 saturated carbocycles. The Bertz CT molecular complexity index is 798. The Labute approximate surface area is 157 Å². The van der Waals surface area contributed by atoms with Crippen LogP contribution < -0.4 is 10.6 Å². The maximum absolute atomic E-state index is 12.5. The second-order valence-corrected chi connectivity index (χ2v) is 6.21. The summed E-state index contributed by atoms with van der Waals surface area (Å²) in [5.74, 6) is -1.56. The van der Waals surface area contributed by atoms with Crippen LogP contribution in [0, 0.1) is 0 Å². The standard InChI is InChI=1S/C17H14BrClN2O4/c1-20-17(24)21-15(22)14(10-5-3-2-4-6-10)25-16(23)12-9-11(18)7-8-13(12)19/h2-9,14H,1H3,(H2,20,21,22,24). The molecule has 0 spiro atoms. The summed E-state index contributed by atoms with van der Waals surface area (Å²) in [5.41, 5.74) is 0.521. The van der Waals surface area contributed by atoms with Crippen molar-refractivity contribution in [3.05, 3.63) is 69.2 Å². The molecule has 0 aromatic heterocycles. The van der Waals surface area contributed by atoms with Crippen molar-refractivity contribution in [3.63, 3.8) is 0 Å². The fraction of sp³-hybridized carbons (Fsp3) is 0.118. The molecule has 0 heterocycles. The van der Waals surface area contributed by atoms with Crippen LogP contribution >= 0.6 is 27.5 Å². The van der Waals surface area contributed by atoms with Gasteiger partial charge in [0.05, 0.1) is 10.6 Å². The fourth-order valence-corrected chi connectivity index (χ4v) is 2.52. The molecular weight excluding hydrogens is 412 g/mol. The Morgan fingerprint density at radius 1 is 1.12 bits per heavy atom. The number of rotatable bonds is 4. The summed E-state index contributed by atoms with van der Waals surface area (Å²) < 4.78 is 5.96. The van der Waals surface area contributed by atoms with E-state index in [1.54, 1.807) is 36.4 Å². The molecular formula is C17H14BrClN2O4. The van der Waals surface area contributed by atoms with E-state index in [1.165, 1.54) is 19.2 Å². The summed E-state index contributed by atoms with van der Waals surface area (Å²) >= 11 is 9.27. The molecule has 1 unspecified atom stereocenters. The van der Waals surface area contributed by atoms with E-state index in [4.69, 9.17) is 16.3 Å². The number of halogens is 2. The van der Waals surface area contributed by atoms with Gasteiger partial charge in [0, 0.05) is 17.1 Å². The number of urea groups is 1. The third-order valence-electron chi connectivity index (χ3n) is 3.18. The van der Waals surface area contributed by atoms with E-state index >= 15 is 0 Å². The lowest BCUT2D eigenvalue weighted by Crippen LogP contribution is -2.41. The Kier molecular flexibility index (Phi) is 6.55.